The number of halogens is 1. The average Bonchev–Trinajstić information content (AvgIpc) is 3.27. The largest absolute Gasteiger partial charge is 0.351 e. The van der Waals surface area contributed by atoms with Gasteiger partial charge in [0.05, 0.1) is 11.7 Å². The zero-order valence-corrected chi connectivity index (χ0v) is 15.2. The summed E-state index contributed by atoms with van der Waals surface area (Å²) >= 11 is 5.65. The Bertz CT molecular complexity index is 907. The first-order valence-electron chi connectivity index (χ1n) is 8.60. The molecule has 1 N–H and O–H groups in total. The number of anilines is 1. The number of hydrogen-bond acceptors (Lipinski definition) is 2. The van der Waals surface area contributed by atoms with Gasteiger partial charge in [0, 0.05) is 30.3 Å². The lowest BCUT2D eigenvalue weighted by atomic mass is 10.0. The van der Waals surface area contributed by atoms with Gasteiger partial charge in [0.15, 0.2) is 5.11 Å². The Labute approximate surface area is 157 Å². The second-order valence-electron chi connectivity index (χ2n) is 6.19. The van der Waals surface area contributed by atoms with E-state index in [1.165, 1.54) is 12.1 Å². The maximum Gasteiger partial charge on any atom is 0.174 e. The van der Waals surface area contributed by atoms with Crippen LogP contribution in [-0.2, 0) is 6.54 Å². The summed E-state index contributed by atoms with van der Waals surface area (Å²) in [6.07, 6.45) is 3.85. The Kier molecular flexibility index (Phi) is 4.42. The summed E-state index contributed by atoms with van der Waals surface area (Å²) in [6.45, 7) is 2.97. The van der Waals surface area contributed by atoms with E-state index in [9.17, 15) is 4.39 Å². The zero-order valence-electron chi connectivity index (χ0n) is 14.3. The molecule has 3 heterocycles. The van der Waals surface area contributed by atoms with Gasteiger partial charge in [-0.3, -0.25) is 4.98 Å². The Morgan fingerprint density at radius 3 is 2.62 bits per heavy atom. The molecule has 1 saturated heterocycles. The lowest BCUT2D eigenvalue weighted by Crippen LogP contribution is -2.30. The van der Waals surface area contributed by atoms with E-state index in [0.29, 0.717) is 5.11 Å². The van der Waals surface area contributed by atoms with E-state index in [-0.39, 0.29) is 17.9 Å². The molecule has 26 heavy (non-hydrogen) atoms. The molecule has 2 atom stereocenters. The van der Waals surface area contributed by atoms with Crippen LogP contribution < -0.4 is 10.2 Å². The van der Waals surface area contributed by atoms with Crippen molar-refractivity contribution in [1.82, 2.24) is 14.9 Å². The SMILES string of the molecule is CCn1cccc1[C@H]1[C@@H](c2ccccn2)NC(=S)N1c1ccc(F)cc1. The van der Waals surface area contributed by atoms with Crippen LogP contribution in [0.15, 0.2) is 67.0 Å². The van der Waals surface area contributed by atoms with E-state index in [2.05, 4.69) is 39.0 Å². The Morgan fingerprint density at radius 1 is 1.12 bits per heavy atom. The number of aromatic nitrogens is 2. The fourth-order valence-electron chi connectivity index (χ4n) is 3.52. The quantitative estimate of drug-likeness (QED) is 0.701. The van der Waals surface area contributed by atoms with Crippen molar-refractivity contribution in [2.45, 2.75) is 25.6 Å². The van der Waals surface area contributed by atoms with Gasteiger partial charge < -0.3 is 14.8 Å². The van der Waals surface area contributed by atoms with E-state index in [0.717, 1.165) is 23.6 Å². The summed E-state index contributed by atoms with van der Waals surface area (Å²) in [5.74, 6) is -0.262. The Balaban J connectivity index is 1.84. The van der Waals surface area contributed by atoms with Crippen LogP contribution in [0.2, 0.25) is 0 Å². The summed E-state index contributed by atoms with van der Waals surface area (Å²) in [5.41, 5.74) is 2.92. The fourth-order valence-corrected chi connectivity index (χ4v) is 3.86. The third kappa shape index (κ3) is 2.86. The number of nitrogens with one attached hydrogen (secondary N) is 1. The summed E-state index contributed by atoms with van der Waals surface area (Å²) in [7, 11) is 0. The second-order valence-corrected chi connectivity index (χ2v) is 6.58. The van der Waals surface area contributed by atoms with E-state index < -0.39 is 0 Å². The van der Waals surface area contributed by atoms with E-state index in [4.69, 9.17) is 12.2 Å². The topological polar surface area (TPSA) is 33.1 Å². The molecule has 6 heteroatoms. The molecule has 3 aromatic rings. The molecule has 1 fully saturated rings. The molecule has 0 saturated carbocycles. The molecule has 1 aliphatic rings. The third-order valence-corrected chi connectivity index (χ3v) is 5.03. The lowest BCUT2D eigenvalue weighted by molar-refractivity contribution is 0.529. The van der Waals surface area contributed by atoms with Gasteiger partial charge in [-0.15, -0.1) is 0 Å². The summed E-state index contributed by atoms with van der Waals surface area (Å²) in [4.78, 5) is 6.59. The van der Waals surface area contributed by atoms with Crippen molar-refractivity contribution >= 4 is 23.0 Å². The van der Waals surface area contributed by atoms with E-state index in [1.54, 1.807) is 18.3 Å². The van der Waals surface area contributed by atoms with Crippen LogP contribution >= 0.6 is 12.2 Å². The number of nitrogens with zero attached hydrogens (tertiary/aromatic N) is 3. The van der Waals surface area contributed by atoms with Crippen LogP contribution in [0, 0.1) is 5.82 Å². The lowest BCUT2D eigenvalue weighted by Gasteiger charge is -2.28. The highest BCUT2D eigenvalue weighted by atomic mass is 32.1. The van der Waals surface area contributed by atoms with Crippen molar-refractivity contribution in [3.8, 4) is 0 Å². The van der Waals surface area contributed by atoms with Gasteiger partial charge >= 0.3 is 0 Å². The van der Waals surface area contributed by atoms with Gasteiger partial charge in [-0.1, -0.05) is 6.07 Å². The highest BCUT2D eigenvalue weighted by molar-refractivity contribution is 7.80. The van der Waals surface area contributed by atoms with Crippen LogP contribution in [0.3, 0.4) is 0 Å². The molecule has 0 spiro atoms. The maximum atomic E-state index is 13.4. The standard InChI is InChI=1S/C20H19FN4S/c1-2-24-13-5-7-17(24)19-18(16-6-3-4-12-22-16)23-20(26)25(19)15-10-8-14(21)9-11-15/h3-13,18-19H,2H2,1H3,(H,23,26)/t18-,19+/m1/s1. The van der Waals surface area contributed by atoms with Crippen LogP contribution in [0.25, 0.3) is 0 Å². The number of aryl methyl sites for hydroxylation is 1. The minimum Gasteiger partial charge on any atom is -0.351 e. The number of pyridine rings is 1. The molecule has 4 rings (SSSR count). The number of rotatable bonds is 4. The van der Waals surface area contributed by atoms with Gasteiger partial charge in [-0.25, -0.2) is 4.39 Å². The normalized spacial score (nSPS) is 19.6. The average molecular weight is 366 g/mol. The van der Waals surface area contributed by atoms with Gasteiger partial charge in [-0.05, 0) is 67.7 Å². The smallest absolute Gasteiger partial charge is 0.174 e. The molecule has 0 amide bonds. The molecule has 0 aliphatic carbocycles. The second kappa shape index (κ2) is 6.88. The Hall–Kier alpha value is -2.73. The number of hydrogen-bond donors (Lipinski definition) is 1. The molecular weight excluding hydrogens is 347 g/mol. The number of benzene rings is 1. The van der Waals surface area contributed by atoms with E-state index in [1.807, 2.05) is 24.3 Å². The highest BCUT2D eigenvalue weighted by Gasteiger charge is 2.41. The van der Waals surface area contributed by atoms with E-state index >= 15 is 0 Å². The van der Waals surface area contributed by atoms with Crippen molar-refractivity contribution in [3.63, 3.8) is 0 Å². The maximum absolute atomic E-state index is 13.4. The molecule has 4 nitrogen and oxygen atoms in total. The van der Waals surface area contributed by atoms with Gasteiger partial charge in [0.1, 0.15) is 11.9 Å². The van der Waals surface area contributed by atoms with Gasteiger partial charge in [-0.2, -0.15) is 0 Å². The van der Waals surface area contributed by atoms with Crippen LogP contribution in [-0.4, -0.2) is 14.7 Å². The van der Waals surface area contributed by atoms with Crippen molar-refractivity contribution < 1.29 is 4.39 Å². The first kappa shape index (κ1) is 16.7. The molecule has 2 aromatic heterocycles. The minimum atomic E-state index is -0.262. The molecular formula is C20H19FN4S. The minimum absolute atomic E-state index is 0.0715. The summed E-state index contributed by atoms with van der Waals surface area (Å²) < 4.78 is 15.6. The molecule has 132 valence electrons. The van der Waals surface area contributed by atoms with Crippen LogP contribution in [0.5, 0.6) is 0 Å². The summed E-state index contributed by atoms with van der Waals surface area (Å²) in [5, 5.41) is 4.02. The third-order valence-electron chi connectivity index (χ3n) is 4.71. The molecule has 1 aliphatic heterocycles. The molecule has 0 radical (unpaired) electrons. The predicted molar refractivity (Wildman–Crippen MR) is 104 cm³/mol. The summed E-state index contributed by atoms with van der Waals surface area (Å²) in [6, 6.07) is 16.3. The van der Waals surface area contributed by atoms with Crippen molar-refractivity contribution in [1.29, 1.82) is 0 Å². The van der Waals surface area contributed by atoms with Crippen molar-refractivity contribution in [2.24, 2.45) is 0 Å². The molecule has 1 aromatic carbocycles. The van der Waals surface area contributed by atoms with Crippen LogP contribution in [0.4, 0.5) is 10.1 Å². The first-order valence-corrected chi connectivity index (χ1v) is 9.01. The van der Waals surface area contributed by atoms with Crippen LogP contribution in [0.1, 0.15) is 30.4 Å². The monoisotopic (exact) mass is 366 g/mol. The first-order chi connectivity index (χ1) is 12.7. The van der Waals surface area contributed by atoms with Gasteiger partial charge in [0.25, 0.3) is 0 Å². The number of thiocarbonyl (C=S) groups is 1. The Morgan fingerprint density at radius 2 is 1.92 bits per heavy atom. The highest BCUT2D eigenvalue weighted by Crippen LogP contribution is 2.41. The fraction of sp³-hybridized carbons (Fsp3) is 0.200. The van der Waals surface area contributed by atoms with Gasteiger partial charge in [0.2, 0.25) is 0 Å². The molecule has 0 unspecified atom stereocenters. The molecule has 0 bridgehead atoms. The van der Waals surface area contributed by atoms with Crippen molar-refractivity contribution in [2.75, 3.05) is 4.90 Å². The van der Waals surface area contributed by atoms with Crippen molar-refractivity contribution in [3.05, 3.63) is 84.2 Å². The predicted octanol–water partition coefficient (Wildman–Crippen LogP) is 4.22. The zero-order chi connectivity index (χ0) is 18.1.